The Labute approximate surface area is 127 Å². The van der Waals surface area contributed by atoms with Crippen LogP contribution in [0, 0.1) is 0 Å². The number of fused-ring (bicyclic) bond motifs is 1. The molecular formula is C16H12ClNO3. The van der Waals surface area contributed by atoms with Crippen molar-refractivity contribution in [3.63, 3.8) is 0 Å². The van der Waals surface area contributed by atoms with Crippen molar-refractivity contribution < 1.29 is 14.3 Å². The van der Waals surface area contributed by atoms with Crippen molar-refractivity contribution in [3.05, 3.63) is 64.4 Å². The summed E-state index contributed by atoms with van der Waals surface area (Å²) in [6, 6.07) is 11.0. The number of rotatable bonds is 3. The molecule has 0 saturated carbocycles. The first kappa shape index (κ1) is 13.6. The standard InChI is InChI=1S/C16H12ClNO3/c17-15-6-5-11(8-18-15)9-21-16(19)13-7-12-3-1-2-4-14(12)20-10-13/h1-8H,9-10H2. The van der Waals surface area contributed by atoms with Gasteiger partial charge in [0.15, 0.2) is 0 Å². The van der Waals surface area contributed by atoms with Gasteiger partial charge in [-0.05, 0) is 18.2 Å². The van der Waals surface area contributed by atoms with Gasteiger partial charge in [-0.15, -0.1) is 0 Å². The fourth-order valence-electron chi connectivity index (χ4n) is 1.97. The minimum atomic E-state index is -0.389. The van der Waals surface area contributed by atoms with Crippen molar-refractivity contribution in [2.45, 2.75) is 6.61 Å². The first-order chi connectivity index (χ1) is 10.2. The Morgan fingerprint density at radius 3 is 2.95 bits per heavy atom. The predicted octanol–water partition coefficient (Wildman–Crippen LogP) is 3.25. The molecule has 0 amide bonds. The molecule has 0 N–H and O–H groups in total. The van der Waals surface area contributed by atoms with Crippen LogP contribution in [0.1, 0.15) is 11.1 Å². The van der Waals surface area contributed by atoms with Gasteiger partial charge in [-0.2, -0.15) is 0 Å². The van der Waals surface area contributed by atoms with Crippen molar-refractivity contribution >= 4 is 23.6 Å². The molecule has 0 atom stereocenters. The molecule has 21 heavy (non-hydrogen) atoms. The third-order valence-electron chi connectivity index (χ3n) is 3.05. The van der Waals surface area contributed by atoms with Gasteiger partial charge in [0.1, 0.15) is 24.1 Å². The molecule has 0 bridgehead atoms. The Morgan fingerprint density at radius 1 is 1.29 bits per heavy atom. The smallest absolute Gasteiger partial charge is 0.337 e. The summed E-state index contributed by atoms with van der Waals surface area (Å²) < 4.78 is 10.8. The summed E-state index contributed by atoms with van der Waals surface area (Å²) in [5.74, 6) is 0.385. The van der Waals surface area contributed by atoms with E-state index < -0.39 is 0 Å². The molecule has 0 fully saturated rings. The van der Waals surface area contributed by atoms with Crippen molar-refractivity contribution in [1.82, 2.24) is 4.98 Å². The van der Waals surface area contributed by atoms with Gasteiger partial charge in [-0.3, -0.25) is 0 Å². The van der Waals surface area contributed by atoms with E-state index in [2.05, 4.69) is 4.98 Å². The highest BCUT2D eigenvalue weighted by Crippen LogP contribution is 2.26. The average molecular weight is 302 g/mol. The normalized spacial score (nSPS) is 12.9. The Morgan fingerprint density at radius 2 is 2.14 bits per heavy atom. The Hall–Kier alpha value is -2.33. The van der Waals surface area contributed by atoms with Crippen LogP contribution >= 0.6 is 11.6 Å². The topological polar surface area (TPSA) is 48.4 Å². The molecule has 3 rings (SSSR count). The van der Waals surface area contributed by atoms with E-state index in [0.29, 0.717) is 10.7 Å². The number of pyridine rings is 1. The molecule has 5 heteroatoms. The number of carbonyl (C=O) groups excluding carboxylic acids is 1. The van der Waals surface area contributed by atoms with Crippen molar-refractivity contribution in [3.8, 4) is 5.75 Å². The highest BCUT2D eigenvalue weighted by molar-refractivity contribution is 6.29. The van der Waals surface area contributed by atoms with Crippen LogP contribution in [-0.2, 0) is 16.1 Å². The lowest BCUT2D eigenvalue weighted by Crippen LogP contribution is -2.17. The zero-order valence-corrected chi connectivity index (χ0v) is 11.8. The summed E-state index contributed by atoms with van der Waals surface area (Å²) in [6.07, 6.45) is 3.37. The van der Waals surface area contributed by atoms with Crippen molar-refractivity contribution in [2.24, 2.45) is 0 Å². The Kier molecular flexibility index (Phi) is 3.88. The summed E-state index contributed by atoms with van der Waals surface area (Å²) in [7, 11) is 0. The van der Waals surface area contributed by atoms with Crippen LogP contribution in [-0.4, -0.2) is 17.6 Å². The molecule has 0 spiro atoms. The van der Waals surface area contributed by atoms with Gasteiger partial charge in [0, 0.05) is 17.3 Å². The van der Waals surface area contributed by atoms with E-state index in [-0.39, 0.29) is 19.2 Å². The number of aromatic nitrogens is 1. The molecule has 4 nitrogen and oxygen atoms in total. The minimum absolute atomic E-state index is 0.155. The van der Waals surface area contributed by atoms with Gasteiger partial charge in [-0.25, -0.2) is 9.78 Å². The van der Waals surface area contributed by atoms with Crippen LogP contribution in [0.2, 0.25) is 5.15 Å². The second-order valence-electron chi connectivity index (χ2n) is 4.56. The third kappa shape index (κ3) is 3.23. The second-order valence-corrected chi connectivity index (χ2v) is 4.95. The monoisotopic (exact) mass is 301 g/mol. The van der Waals surface area contributed by atoms with Gasteiger partial charge in [0.05, 0.1) is 5.57 Å². The SMILES string of the molecule is O=C(OCc1ccc(Cl)nc1)C1=Cc2ccccc2OC1. The van der Waals surface area contributed by atoms with Crippen LogP contribution in [0.15, 0.2) is 48.2 Å². The maximum atomic E-state index is 12.0. The molecule has 2 heterocycles. The lowest BCUT2D eigenvalue weighted by atomic mass is 10.1. The summed E-state index contributed by atoms with van der Waals surface area (Å²) in [4.78, 5) is 16.0. The number of benzene rings is 1. The predicted molar refractivity (Wildman–Crippen MR) is 79.0 cm³/mol. The van der Waals surface area contributed by atoms with Gasteiger partial charge in [0.2, 0.25) is 0 Å². The zero-order valence-electron chi connectivity index (χ0n) is 11.1. The molecule has 0 saturated heterocycles. The van der Waals surface area contributed by atoms with E-state index >= 15 is 0 Å². The molecule has 1 aromatic carbocycles. The van der Waals surface area contributed by atoms with Crippen LogP contribution in [0.25, 0.3) is 6.08 Å². The highest BCUT2D eigenvalue weighted by Gasteiger charge is 2.18. The number of nitrogens with zero attached hydrogens (tertiary/aromatic N) is 1. The molecule has 2 aromatic rings. The molecular weight excluding hydrogens is 290 g/mol. The lowest BCUT2D eigenvalue weighted by molar-refractivity contribution is -0.140. The summed E-state index contributed by atoms with van der Waals surface area (Å²) in [5, 5.41) is 0.407. The van der Waals surface area contributed by atoms with Gasteiger partial charge in [-0.1, -0.05) is 35.9 Å². The Balaban J connectivity index is 1.66. The third-order valence-corrected chi connectivity index (χ3v) is 3.28. The quantitative estimate of drug-likeness (QED) is 0.645. The number of hydrogen-bond donors (Lipinski definition) is 0. The van der Waals surface area contributed by atoms with E-state index in [1.807, 2.05) is 24.3 Å². The minimum Gasteiger partial charge on any atom is -0.488 e. The summed E-state index contributed by atoms with van der Waals surface area (Å²) in [6.45, 7) is 0.372. The van der Waals surface area contributed by atoms with Crippen LogP contribution in [0.3, 0.4) is 0 Å². The number of ether oxygens (including phenoxy) is 2. The zero-order chi connectivity index (χ0) is 14.7. The summed E-state index contributed by atoms with van der Waals surface area (Å²) >= 11 is 5.70. The molecule has 1 aromatic heterocycles. The number of para-hydroxylation sites is 1. The molecule has 1 aliphatic rings. The fourth-order valence-corrected chi connectivity index (χ4v) is 2.08. The summed E-state index contributed by atoms with van der Waals surface area (Å²) in [5.41, 5.74) is 2.16. The van der Waals surface area contributed by atoms with Crippen molar-refractivity contribution in [1.29, 1.82) is 0 Å². The first-order valence-corrected chi connectivity index (χ1v) is 6.80. The number of hydrogen-bond acceptors (Lipinski definition) is 4. The molecule has 0 radical (unpaired) electrons. The highest BCUT2D eigenvalue weighted by atomic mass is 35.5. The number of halogens is 1. The molecule has 1 aliphatic heterocycles. The van der Waals surface area contributed by atoms with Crippen LogP contribution in [0.5, 0.6) is 5.75 Å². The van der Waals surface area contributed by atoms with Gasteiger partial charge < -0.3 is 9.47 Å². The number of carbonyl (C=O) groups is 1. The molecule has 106 valence electrons. The lowest BCUT2D eigenvalue weighted by Gasteiger charge is -2.16. The van der Waals surface area contributed by atoms with Crippen LogP contribution in [0.4, 0.5) is 0 Å². The average Bonchev–Trinajstić information content (AvgIpc) is 2.53. The van der Waals surface area contributed by atoms with E-state index in [4.69, 9.17) is 21.1 Å². The number of esters is 1. The first-order valence-electron chi connectivity index (χ1n) is 6.42. The maximum absolute atomic E-state index is 12.0. The van der Waals surface area contributed by atoms with Gasteiger partial charge in [0.25, 0.3) is 0 Å². The van der Waals surface area contributed by atoms with Gasteiger partial charge >= 0.3 is 5.97 Å². The molecule has 0 aliphatic carbocycles. The largest absolute Gasteiger partial charge is 0.488 e. The maximum Gasteiger partial charge on any atom is 0.337 e. The second kappa shape index (κ2) is 5.97. The van der Waals surface area contributed by atoms with E-state index in [1.165, 1.54) is 0 Å². The van der Waals surface area contributed by atoms with E-state index in [9.17, 15) is 4.79 Å². The van der Waals surface area contributed by atoms with E-state index in [1.54, 1.807) is 24.4 Å². The fraction of sp³-hybridized carbons (Fsp3) is 0.125. The Bertz CT molecular complexity index is 695. The van der Waals surface area contributed by atoms with Crippen molar-refractivity contribution in [2.75, 3.05) is 6.61 Å². The molecule has 0 unspecified atom stereocenters. The van der Waals surface area contributed by atoms with Crippen LogP contribution < -0.4 is 4.74 Å². The van der Waals surface area contributed by atoms with E-state index in [0.717, 1.165) is 16.9 Å².